The number of hydrogen-bond acceptors (Lipinski definition) is 5. The van der Waals surface area contributed by atoms with Gasteiger partial charge in [-0.3, -0.25) is 4.90 Å². The summed E-state index contributed by atoms with van der Waals surface area (Å²) >= 11 is 0. The average molecular weight is 280 g/mol. The van der Waals surface area contributed by atoms with Gasteiger partial charge in [0.15, 0.2) is 0 Å². The lowest BCUT2D eigenvalue weighted by molar-refractivity contribution is 0.0502. The molecule has 6 heteroatoms. The molecule has 1 unspecified atom stereocenters. The second-order valence-corrected chi connectivity index (χ2v) is 5.35. The molecule has 1 fully saturated rings. The summed E-state index contributed by atoms with van der Waals surface area (Å²) in [4.78, 5) is 14.3. The Balaban J connectivity index is 2.07. The molecule has 1 atom stereocenters. The molecule has 0 radical (unpaired) electrons. The van der Waals surface area contributed by atoms with E-state index in [0.29, 0.717) is 18.5 Å². The highest BCUT2D eigenvalue weighted by Gasteiger charge is 2.22. The van der Waals surface area contributed by atoms with Crippen molar-refractivity contribution in [1.82, 2.24) is 19.7 Å². The standard InChI is InChI=1S/C14H24N4O2/c1-4-20-14(19)13-16-15-12(3)18(13)10-11(2)17-8-6-5-7-9-17/h11H,4-10H2,1-3H3. The lowest BCUT2D eigenvalue weighted by Gasteiger charge is -2.32. The van der Waals surface area contributed by atoms with E-state index in [1.807, 2.05) is 11.5 Å². The summed E-state index contributed by atoms with van der Waals surface area (Å²) in [6.07, 6.45) is 3.84. The first-order chi connectivity index (χ1) is 9.63. The van der Waals surface area contributed by atoms with Crippen molar-refractivity contribution in [2.75, 3.05) is 19.7 Å². The van der Waals surface area contributed by atoms with Crippen molar-refractivity contribution >= 4 is 5.97 Å². The Labute approximate surface area is 120 Å². The second-order valence-electron chi connectivity index (χ2n) is 5.35. The zero-order valence-electron chi connectivity index (χ0n) is 12.6. The van der Waals surface area contributed by atoms with Crippen LogP contribution in [-0.2, 0) is 11.3 Å². The fourth-order valence-electron chi connectivity index (χ4n) is 2.69. The number of aromatic nitrogens is 3. The third-order valence-corrected chi connectivity index (χ3v) is 3.85. The lowest BCUT2D eigenvalue weighted by Crippen LogP contribution is -2.40. The number of carbonyl (C=O) groups is 1. The van der Waals surface area contributed by atoms with Gasteiger partial charge in [0.2, 0.25) is 5.82 Å². The van der Waals surface area contributed by atoms with Crippen LogP contribution in [0.15, 0.2) is 0 Å². The smallest absolute Gasteiger partial charge is 0.376 e. The minimum absolute atomic E-state index is 0.313. The molecule has 20 heavy (non-hydrogen) atoms. The number of esters is 1. The molecule has 0 amide bonds. The highest BCUT2D eigenvalue weighted by atomic mass is 16.5. The molecular formula is C14H24N4O2. The molecular weight excluding hydrogens is 256 g/mol. The molecule has 1 aliphatic heterocycles. The third-order valence-electron chi connectivity index (χ3n) is 3.85. The summed E-state index contributed by atoms with van der Waals surface area (Å²) in [5.41, 5.74) is 0. The molecule has 0 N–H and O–H groups in total. The number of rotatable bonds is 5. The number of hydrogen-bond donors (Lipinski definition) is 0. The first kappa shape index (κ1) is 15.0. The van der Waals surface area contributed by atoms with Crippen LogP contribution in [0.4, 0.5) is 0 Å². The van der Waals surface area contributed by atoms with Gasteiger partial charge < -0.3 is 9.30 Å². The van der Waals surface area contributed by atoms with Gasteiger partial charge in [0.1, 0.15) is 5.82 Å². The summed E-state index contributed by atoms with van der Waals surface area (Å²) in [6.45, 7) is 9.22. The molecule has 0 saturated carbocycles. The monoisotopic (exact) mass is 280 g/mol. The molecule has 6 nitrogen and oxygen atoms in total. The number of carbonyl (C=O) groups excluding carboxylic acids is 1. The maximum atomic E-state index is 11.9. The van der Waals surface area contributed by atoms with Crippen LogP contribution in [0.2, 0.25) is 0 Å². The van der Waals surface area contributed by atoms with E-state index in [2.05, 4.69) is 22.0 Å². The highest BCUT2D eigenvalue weighted by molar-refractivity contribution is 5.85. The van der Waals surface area contributed by atoms with Crippen LogP contribution in [-0.4, -0.2) is 51.4 Å². The number of piperidine rings is 1. The summed E-state index contributed by atoms with van der Waals surface area (Å²) in [7, 11) is 0. The predicted octanol–water partition coefficient (Wildman–Crippen LogP) is 1.64. The Morgan fingerprint density at radius 2 is 2.00 bits per heavy atom. The molecule has 2 rings (SSSR count). The van der Waals surface area contributed by atoms with E-state index in [0.717, 1.165) is 25.5 Å². The molecule has 0 aromatic carbocycles. The van der Waals surface area contributed by atoms with Crippen LogP contribution >= 0.6 is 0 Å². The number of aryl methyl sites for hydroxylation is 1. The minimum Gasteiger partial charge on any atom is -0.460 e. The van der Waals surface area contributed by atoms with Crippen LogP contribution in [0.5, 0.6) is 0 Å². The topological polar surface area (TPSA) is 60.2 Å². The van der Waals surface area contributed by atoms with Crippen LogP contribution < -0.4 is 0 Å². The van der Waals surface area contributed by atoms with Gasteiger partial charge in [-0.25, -0.2) is 4.79 Å². The Morgan fingerprint density at radius 3 is 2.65 bits per heavy atom. The normalized spacial score (nSPS) is 17.9. The molecule has 0 spiro atoms. The first-order valence-corrected chi connectivity index (χ1v) is 7.44. The van der Waals surface area contributed by atoms with E-state index in [1.165, 1.54) is 19.3 Å². The van der Waals surface area contributed by atoms with E-state index < -0.39 is 0 Å². The Bertz CT molecular complexity index is 452. The Kier molecular flexibility index (Phi) is 5.11. The Hall–Kier alpha value is -1.43. The van der Waals surface area contributed by atoms with Crippen molar-refractivity contribution < 1.29 is 9.53 Å². The minimum atomic E-state index is -0.390. The van der Waals surface area contributed by atoms with Crippen molar-refractivity contribution in [1.29, 1.82) is 0 Å². The van der Waals surface area contributed by atoms with Gasteiger partial charge in [0.25, 0.3) is 0 Å². The van der Waals surface area contributed by atoms with Crippen molar-refractivity contribution in [2.45, 2.75) is 52.6 Å². The van der Waals surface area contributed by atoms with Gasteiger partial charge in [-0.05, 0) is 46.7 Å². The van der Waals surface area contributed by atoms with E-state index in [1.54, 1.807) is 6.92 Å². The summed E-state index contributed by atoms with van der Waals surface area (Å²) in [6, 6.07) is 0.373. The Morgan fingerprint density at radius 1 is 1.30 bits per heavy atom. The highest BCUT2D eigenvalue weighted by Crippen LogP contribution is 2.14. The van der Waals surface area contributed by atoms with Crippen molar-refractivity contribution in [2.24, 2.45) is 0 Å². The first-order valence-electron chi connectivity index (χ1n) is 7.44. The SMILES string of the molecule is CCOC(=O)c1nnc(C)n1CC(C)N1CCCCC1. The average Bonchev–Trinajstić information content (AvgIpc) is 2.81. The molecule has 1 aliphatic rings. The lowest BCUT2D eigenvalue weighted by atomic mass is 10.1. The fraction of sp³-hybridized carbons (Fsp3) is 0.786. The van der Waals surface area contributed by atoms with Crippen molar-refractivity contribution in [3.05, 3.63) is 11.6 Å². The van der Waals surface area contributed by atoms with E-state index in [9.17, 15) is 4.79 Å². The second kappa shape index (κ2) is 6.83. The number of likely N-dealkylation sites (tertiary alicyclic amines) is 1. The van der Waals surface area contributed by atoms with Gasteiger partial charge in [0.05, 0.1) is 6.61 Å². The molecule has 1 saturated heterocycles. The van der Waals surface area contributed by atoms with E-state index in [4.69, 9.17) is 4.74 Å². The maximum Gasteiger partial charge on any atom is 0.376 e. The summed E-state index contributed by atoms with van der Waals surface area (Å²) in [5.74, 6) is 0.684. The van der Waals surface area contributed by atoms with Crippen molar-refractivity contribution in [3.63, 3.8) is 0 Å². The van der Waals surface area contributed by atoms with Gasteiger partial charge >= 0.3 is 5.97 Å². The van der Waals surface area contributed by atoms with Gasteiger partial charge in [-0.2, -0.15) is 0 Å². The van der Waals surface area contributed by atoms with Crippen LogP contribution in [0.25, 0.3) is 0 Å². The van der Waals surface area contributed by atoms with Crippen LogP contribution in [0, 0.1) is 6.92 Å². The quantitative estimate of drug-likeness (QED) is 0.767. The van der Waals surface area contributed by atoms with Gasteiger partial charge in [0, 0.05) is 12.6 Å². The summed E-state index contributed by atoms with van der Waals surface area (Å²) in [5, 5.41) is 7.96. The molecule has 2 heterocycles. The third kappa shape index (κ3) is 3.36. The van der Waals surface area contributed by atoms with E-state index in [-0.39, 0.29) is 5.97 Å². The van der Waals surface area contributed by atoms with Gasteiger partial charge in [-0.1, -0.05) is 6.42 Å². The molecule has 1 aromatic rings. The fourth-order valence-corrected chi connectivity index (χ4v) is 2.69. The van der Waals surface area contributed by atoms with Crippen molar-refractivity contribution in [3.8, 4) is 0 Å². The van der Waals surface area contributed by atoms with E-state index >= 15 is 0 Å². The largest absolute Gasteiger partial charge is 0.460 e. The molecule has 0 bridgehead atoms. The van der Waals surface area contributed by atoms with Crippen LogP contribution in [0.3, 0.4) is 0 Å². The zero-order valence-corrected chi connectivity index (χ0v) is 12.6. The summed E-state index contributed by atoms with van der Waals surface area (Å²) < 4.78 is 6.91. The molecule has 0 aliphatic carbocycles. The zero-order chi connectivity index (χ0) is 14.5. The predicted molar refractivity (Wildman–Crippen MR) is 75.6 cm³/mol. The molecule has 112 valence electrons. The van der Waals surface area contributed by atoms with Gasteiger partial charge in [-0.15, -0.1) is 10.2 Å². The maximum absolute atomic E-state index is 11.9. The molecule has 1 aromatic heterocycles. The van der Waals surface area contributed by atoms with Crippen LogP contribution in [0.1, 0.15) is 49.6 Å². The number of nitrogens with zero attached hydrogens (tertiary/aromatic N) is 4. The number of ether oxygens (including phenoxy) is 1.